The van der Waals surface area contributed by atoms with E-state index in [1.165, 1.54) is 6.07 Å². The first-order valence-electron chi connectivity index (χ1n) is 8.06. The first kappa shape index (κ1) is 17.9. The number of nitrogens with two attached hydrogens (primary N) is 1. The third-order valence-corrected chi connectivity index (χ3v) is 4.31. The van der Waals surface area contributed by atoms with Crippen LogP contribution in [0.25, 0.3) is 22.4 Å². The van der Waals surface area contributed by atoms with E-state index in [2.05, 4.69) is 4.98 Å². The van der Waals surface area contributed by atoms with Gasteiger partial charge in [0.1, 0.15) is 23.2 Å². The van der Waals surface area contributed by atoms with Crippen LogP contribution >= 0.6 is 0 Å². The zero-order valence-corrected chi connectivity index (χ0v) is 14.8. The van der Waals surface area contributed by atoms with Crippen molar-refractivity contribution < 1.29 is 9.66 Å². The molecule has 27 heavy (non-hydrogen) atoms. The molecule has 134 valence electrons. The van der Waals surface area contributed by atoms with E-state index >= 15 is 0 Å². The van der Waals surface area contributed by atoms with Crippen molar-refractivity contribution >= 4 is 11.5 Å². The number of nitro benzene ring substituents is 1. The molecule has 7 heteroatoms. The van der Waals surface area contributed by atoms with Crippen LogP contribution in [0.1, 0.15) is 11.1 Å². The topological polar surface area (TPSA) is 115 Å². The third-order valence-electron chi connectivity index (χ3n) is 4.31. The minimum Gasteiger partial charge on any atom is -0.497 e. The van der Waals surface area contributed by atoms with E-state index in [0.717, 1.165) is 5.56 Å². The second-order valence-electron chi connectivity index (χ2n) is 5.84. The maximum absolute atomic E-state index is 11.5. The Morgan fingerprint density at radius 1 is 1.19 bits per heavy atom. The molecule has 0 radical (unpaired) electrons. The van der Waals surface area contributed by atoms with Crippen LogP contribution in [0, 0.1) is 28.4 Å². The van der Waals surface area contributed by atoms with E-state index in [1.54, 1.807) is 44.4 Å². The largest absolute Gasteiger partial charge is 0.497 e. The van der Waals surface area contributed by atoms with Gasteiger partial charge in [0.05, 0.1) is 23.3 Å². The number of anilines is 1. The van der Waals surface area contributed by atoms with E-state index in [4.69, 9.17) is 10.5 Å². The Balaban J connectivity index is 2.33. The number of pyridine rings is 1. The molecule has 0 aliphatic heterocycles. The Bertz CT molecular complexity index is 1070. The van der Waals surface area contributed by atoms with Gasteiger partial charge in [-0.15, -0.1) is 0 Å². The molecule has 1 aromatic heterocycles. The fourth-order valence-corrected chi connectivity index (χ4v) is 3.02. The summed E-state index contributed by atoms with van der Waals surface area (Å²) in [6.07, 6.45) is 0. The van der Waals surface area contributed by atoms with Crippen molar-refractivity contribution in [3.8, 4) is 34.2 Å². The van der Waals surface area contributed by atoms with E-state index in [-0.39, 0.29) is 17.1 Å². The summed E-state index contributed by atoms with van der Waals surface area (Å²) < 4.78 is 5.17. The first-order valence-corrected chi connectivity index (χ1v) is 8.06. The van der Waals surface area contributed by atoms with Crippen LogP contribution in [0.4, 0.5) is 11.5 Å². The van der Waals surface area contributed by atoms with Gasteiger partial charge >= 0.3 is 0 Å². The number of benzene rings is 2. The zero-order valence-electron chi connectivity index (χ0n) is 14.8. The molecule has 3 rings (SSSR count). The van der Waals surface area contributed by atoms with Crippen molar-refractivity contribution in [1.29, 1.82) is 5.26 Å². The average Bonchev–Trinajstić information content (AvgIpc) is 2.69. The number of nitro groups is 1. The highest BCUT2D eigenvalue weighted by atomic mass is 16.6. The van der Waals surface area contributed by atoms with Crippen LogP contribution in [-0.4, -0.2) is 17.0 Å². The van der Waals surface area contributed by atoms with Crippen LogP contribution in [0.2, 0.25) is 0 Å². The monoisotopic (exact) mass is 360 g/mol. The molecule has 7 nitrogen and oxygen atoms in total. The lowest BCUT2D eigenvalue weighted by molar-refractivity contribution is -0.384. The lowest BCUT2D eigenvalue weighted by atomic mass is 9.92. The van der Waals surface area contributed by atoms with Crippen molar-refractivity contribution in [3.63, 3.8) is 0 Å². The average molecular weight is 360 g/mol. The second-order valence-corrected chi connectivity index (χ2v) is 5.84. The number of aromatic nitrogens is 1. The molecule has 2 aromatic carbocycles. The molecule has 0 aliphatic rings. The lowest BCUT2D eigenvalue weighted by Crippen LogP contribution is -2.04. The van der Waals surface area contributed by atoms with Crippen molar-refractivity contribution in [2.45, 2.75) is 6.92 Å². The molecule has 0 spiro atoms. The number of ether oxygens (including phenoxy) is 1. The van der Waals surface area contributed by atoms with Gasteiger partial charge in [-0.25, -0.2) is 4.98 Å². The maximum atomic E-state index is 11.5. The SMILES string of the molecule is COc1ccc(-c2nc(N)c(C#N)c(-c3ccccc3[N+](=O)[O-])c2C)cc1. The number of para-hydroxylation sites is 1. The Labute approximate surface area is 155 Å². The summed E-state index contributed by atoms with van der Waals surface area (Å²) in [5.41, 5.74) is 8.78. The third kappa shape index (κ3) is 3.16. The number of nitrogen functional groups attached to an aromatic ring is 1. The Kier molecular flexibility index (Phi) is 4.73. The summed E-state index contributed by atoms with van der Waals surface area (Å²) in [6.45, 7) is 1.78. The standard InChI is InChI=1S/C20H16N4O3/c1-12-18(15-5-3-4-6-17(15)24(25)26)16(11-21)20(22)23-19(12)13-7-9-14(27-2)10-8-13/h3-10H,1-2H3,(H2,22,23). The summed E-state index contributed by atoms with van der Waals surface area (Å²) in [5, 5.41) is 21.1. The number of methoxy groups -OCH3 is 1. The number of nitrogens with zero attached hydrogens (tertiary/aromatic N) is 3. The van der Waals surface area contributed by atoms with Gasteiger partial charge in [0.15, 0.2) is 0 Å². The van der Waals surface area contributed by atoms with Crippen LogP contribution in [-0.2, 0) is 0 Å². The zero-order chi connectivity index (χ0) is 19.6. The summed E-state index contributed by atoms with van der Waals surface area (Å²) in [7, 11) is 1.57. The molecule has 1 heterocycles. The Hall–Kier alpha value is -3.92. The van der Waals surface area contributed by atoms with Crippen molar-refractivity contribution in [3.05, 3.63) is 69.8 Å². The lowest BCUT2D eigenvalue weighted by Gasteiger charge is -2.15. The molecule has 2 N–H and O–H groups in total. The molecule has 0 fully saturated rings. The predicted octanol–water partition coefficient (Wildman–Crippen LogP) is 4.09. The van der Waals surface area contributed by atoms with Gasteiger partial charge in [-0.3, -0.25) is 10.1 Å². The molecule has 0 saturated carbocycles. The first-order chi connectivity index (χ1) is 13.0. The normalized spacial score (nSPS) is 10.3. The fraction of sp³-hybridized carbons (Fsp3) is 0.100. The van der Waals surface area contributed by atoms with Gasteiger partial charge in [-0.2, -0.15) is 5.26 Å². The molecule has 0 unspecified atom stereocenters. The van der Waals surface area contributed by atoms with E-state index in [1.807, 2.05) is 18.2 Å². The Morgan fingerprint density at radius 2 is 1.85 bits per heavy atom. The minimum absolute atomic E-state index is 0.0297. The maximum Gasteiger partial charge on any atom is 0.277 e. The van der Waals surface area contributed by atoms with Crippen molar-refractivity contribution in [2.24, 2.45) is 0 Å². The highest BCUT2D eigenvalue weighted by molar-refractivity contribution is 5.87. The van der Waals surface area contributed by atoms with Gasteiger partial charge < -0.3 is 10.5 Å². The summed E-state index contributed by atoms with van der Waals surface area (Å²) >= 11 is 0. The van der Waals surface area contributed by atoms with Crippen LogP contribution in [0.3, 0.4) is 0 Å². The predicted molar refractivity (Wildman–Crippen MR) is 102 cm³/mol. The number of rotatable bonds is 4. The molecule has 0 aliphatic carbocycles. The van der Waals surface area contributed by atoms with Crippen molar-refractivity contribution in [2.75, 3.05) is 12.8 Å². The minimum atomic E-state index is -0.473. The molecule has 0 amide bonds. The van der Waals surface area contributed by atoms with E-state index in [9.17, 15) is 15.4 Å². The highest BCUT2D eigenvalue weighted by Gasteiger charge is 2.23. The van der Waals surface area contributed by atoms with Crippen LogP contribution in [0.15, 0.2) is 48.5 Å². The highest BCUT2D eigenvalue weighted by Crippen LogP contribution is 2.39. The number of nitriles is 1. The van der Waals surface area contributed by atoms with Gasteiger partial charge in [0.25, 0.3) is 5.69 Å². The van der Waals surface area contributed by atoms with E-state index < -0.39 is 4.92 Å². The van der Waals surface area contributed by atoms with Gasteiger partial charge in [0, 0.05) is 17.2 Å². The number of hydrogen-bond acceptors (Lipinski definition) is 6. The Morgan fingerprint density at radius 3 is 2.44 bits per heavy atom. The van der Waals surface area contributed by atoms with E-state index in [0.29, 0.717) is 28.1 Å². The summed E-state index contributed by atoms with van der Waals surface area (Å²) in [4.78, 5) is 15.4. The summed E-state index contributed by atoms with van der Waals surface area (Å²) in [5.74, 6) is 0.721. The summed E-state index contributed by atoms with van der Waals surface area (Å²) in [6, 6.07) is 15.5. The van der Waals surface area contributed by atoms with Crippen molar-refractivity contribution in [1.82, 2.24) is 4.98 Å². The molecular weight excluding hydrogens is 344 g/mol. The molecule has 0 saturated heterocycles. The smallest absolute Gasteiger partial charge is 0.277 e. The van der Waals surface area contributed by atoms with Gasteiger partial charge in [-0.1, -0.05) is 12.1 Å². The van der Waals surface area contributed by atoms with Gasteiger partial charge in [-0.05, 0) is 42.8 Å². The quantitative estimate of drug-likeness (QED) is 0.553. The molecular formula is C20H16N4O3. The number of hydrogen-bond donors (Lipinski definition) is 1. The second kappa shape index (κ2) is 7.14. The van der Waals surface area contributed by atoms with Crippen LogP contribution < -0.4 is 10.5 Å². The fourth-order valence-electron chi connectivity index (χ4n) is 3.02. The van der Waals surface area contributed by atoms with Gasteiger partial charge in [0.2, 0.25) is 0 Å². The van der Waals surface area contributed by atoms with Crippen LogP contribution in [0.5, 0.6) is 5.75 Å². The molecule has 0 atom stereocenters. The molecule has 0 bridgehead atoms. The molecule has 3 aromatic rings.